The Morgan fingerprint density at radius 2 is 1.95 bits per heavy atom. The van der Waals surface area contributed by atoms with Crippen LogP contribution in [0.5, 0.6) is 0 Å². The zero-order valence-electron chi connectivity index (χ0n) is 12.9. The first-order valence-corrected chi connectivity index (χ1v) is 9.82. The van der Waals surface area contributed by atoms with Gasteiger partial charge in [0, 0.05) is 27.4 Å². The predicted octanol–water partition coefficient (Wildman–Crippen LogP) is 6.10. The molecule has 1 saturated carbocycles. The molecule has 4 heteroatoms. The van der Waals surface area contributed by atoms with Gasteiger partial charge in [-0.15, -0.1) is 0 Å². The Morgan fingerprint density at radius 3 is 2.52 bits per heavy atom. The zero-order chi connectivity index (χ0) is 15.3. The van der Waals surface area contributed by atoms with Gasteiger partial charge < -0.3 is 5.32 Å². The number of nitrogens with one attached hydrogen (secondary N) is 1. The van der Waals surface area contributed by atoms with Crippen molar-refractivity contribution in [2.75, 3.05) is 12.8 Å². The van der Waals surface area contributed by atoms with E-state index in [1.807, 2.05) is 23.9 Å². The average molecular weight is 346 g/mol. The minimum atomic E-state index is 0.306. The lowest BCUT2D eigenvalue weighted by Gasteiger charge is -2.37. The maximum absolute atomic E-state index is 6.36. The molecule has 1 aromatic carbocycles. The van der Waals surface area contributed by atoms with Gasteiger partial charge in [-0.2, -0.15) is 11.8 Å². The average Bonchev–Trinajstić information content (AvgIpc) is 2.50. The van der Waals surface area contributed by atoms with E-state index < -0.39 is 0 Å². The lowest BCUT2D eigenvalue weighted by molar-refractivity contribution is 0.360. The zero-order valence-corrected chi connectivity index (χ0v) is 15.3. The molecular formula is C17H25Cl2NS. The first kappa shape index (κ1) is 17.5. The Labute approximate surface area is 143 Å². The van der Waals surface area contributed by atoms with Gasteiger partial charge in [-0.05, 0) is 43.2 Å². The SMILES string of the molecule is CCC(NCC1(SC)CCCCC1)c1ccc(Cl)cc1Cl. The number of halogens is 2. The monoisotopic (exact) mass is 345 g/mol. The molecule has 1 unspecified atom stereocenters. The minimum Gasteiger partial charge on any atom is -0.309 e. The number of hydrogen-bond donors (Lipinski definition) is 1. The fourth-order valence-electron chi connectivity index (χ4n) is 3.22. The van der Waals surface area contributed by atoms with E-state index in [9.17, 15) is 0 Å². The number of rotatable bonds is 6. The Hall–Kier alpha value is 0.110. The van der Waals surface area contributed by atoms with Crippen molar-refractivity contribution in [1.29, 1.82) is 0 Å². The molecule has 0 aromatic heterocycles. The van der Waals surface area contributed by atoms with Gasteiger partial charge in [-0.25, -0.2) is 0 Å². The van der Waals surface area contributed by atoms with Gasteiger partial charge in [0.1, 0.15) is 0 Å². The maximum Gasteiger partial charge on any atom is 0.0468 e. The Morgan fingerprint density at radius 1 is 1.24 bits per heavy atom. The van der Waals surface area contributed by atoms with Crippen LogP contribution in [0.15, 0.2) is 18.2 Å². The normalized spacial score (nSPS) is 19.4. The molecule has 21 heavy (non-hydrogen) atoms. The molecule has 1 aliphatic carbocycles. The topological polar surface area (TPSA) is 12.0 Å². The fraction of sp³-hybridized carbons (Fsp3) is 0.647. The molecule has 0 radical (unpaired) electrons. The van der Waals surface area contributed by atoms with Crippen molar-refractivity contribution in [3.8, 4) is 0 Å². The van der Waals surface area contributed by atoms with E-state index in [2.05, 4.69) is 24.6 Å². The summed E-state index contributed by atoms with van der Waals surface area (Å²) in [6.45, 7) is 3.26. The van der Waals surface area contributed by atoms with Crippen molar-refractivity contribution in [1.82, 2.24) is 5.32 Å². The van der Waals surface area contributed by atoms with Gasteiger partial charge in [-0.3, -0.25) is 0 Å². The van der Waals surface area contributed by atoms with Crippen LogP contribution in [-0.2, 0) is 0 Å². The molecule has 1 aromatic rings. The van der Waals surface area contributed by atoms with Gasteiger partial charge in [0.15, 0.2) is 0 Å². The summed E-state index contributed by atoms with van der Waals surface area (Å²) >= 11 is 14.4. The summed E-state index contributed by atoms with van der Waals surface area (Å²) in [5.74, 6) is 0. The predicted molar refractivity (Wildman–Crippen MR) is 96.8 cm³/mol. The molecule has 1 nitrogen and oxygen atoms in total. The third-order valence-corrected chi connectivity index (χ3v) is 6.60. The van der Waals surface area contributed by atoms with Crippen LogP contribution in [0.25, 0.3) is 0 Å². The van der Waals surface area contributed by atoms with Gasteiger partial charge in [-0.1, -0.05) is 55.5 Å². The van der Waals surface area contributed by atoms with E-state index in [1.54, 1.807) is 0 Å². The van der Waals surface area contributed by atoms with Crippen LogP contribution in [0.1, 0.15) is 57.1 Å². The minimum absolute atomic E-state index is 0.306. The second-order valence-corrected chi connectivity index (χ2v) is 8.07. The fourth-order valence-corrected chi connectivity index (χ4v) is 4.68. The lowest BCUT2D eigenvalue weighted by Crippen LogP contribution is -2.40. The quantitative estimate of drug-likeness (QED) is 0.668. The molecule has 2 rings (SSSR count). The van der Waals surface area contributed by atoms with E-state index in [0.29, 0.717) is 15.8 Å². The van der Waals surface area contributed by atoms with Crippen molar-refractivity contribution in [3.63, 3.8) is 0 Å². The van der Waals surface area contributed by atoms with Crippen molar-refractivity contribution in [3.05, 3.63) is 33.8 Å². The third-order valence-electron chi connectivity index (χ3n) is 4.61. The molecule has 1 fully saturated rings. The summed E-state index contributed by atoms with van der Waals surface area (Å²) in [5, 5.41) is 5.23. The molecule has 1 aliphatic rings. The molecule has 0 saturated heterocycles. The largest absolute Gasteiger partial charge is 0.309 e. The summed E-state index contributed by atoms with van der Waals surface area (Å²) in [6.07, 6.45) is 10.1. The van der Waals surface area contributed by atoms with E-state index >= 15 is 0 Å². The van der Waals surface area contributed by atoms with Gasteiger partial charge in [0.25, 0.3) is 0 Å². The van der Waals surface area contributed by atoms with Gasteiger partial charge >= 0.3 is 0 Å². The maximum atomic E-state index is 6.36. The van der Waals surface area contributed by atoms with E-state index in [-0.39, 0.29) is 0 Å². The number of benzene rings is 1. The number of hydrogen-bond acceptors (Lipinski definition) is 2. The molecule has 0 amide bonds. The van der Waals surface area contributed by atoms with Crippen LogP contribution >= 0.6 is 35.0 Å². The molecule has 0 bridgehead atoms. The highest BCUT2D eigenvalue weighted by Crippen LogP contribution is 2.39. The third kappa shape index (κ3) is 4.54. The van der Waals surface area contributed by atoms with Crippen LogP contribution in [0.3, 0.4) is 0 Å². The summed E-state index contributed by atoms with van der Waals surface area (Å²) in [4.78, 5) is 0. The van der Waals surface area contributed by atoms with Crippen molar-refractivity contribution in [2.24, 2.45) is 0 Å². The Kier molecular flexibility index (Phi) is 6.74. The summed E-state index contributed by atoms with van der Waals surface area (Å²) in [7, 11) is 0. The van der Waals surface area contributed by atoms with Gasteiger partial charge in [0.2, 0.25) is 0 Å². The molecule has 1 N–H and O–H groups in total. The lowest BCUT2D eigenvalue weighted by atomic mass is 9.87. The smallest absolute Gasteiger partial charge is 0.0468 e. The highest BCUT2D eigenvalue weighted by atomic mass is 35.5. The molecular weight excluding hydrogens is 321 g/mol. The second-order valence-electron chi connectivity index (χ2n) is 5.96. The van der Waals surface area contributed by atoms with Crippen molar-refractivity contribution >= 4 is 35.0 Å². The van der Waals surface area contributed by atoms with Crippen molar-refractivity contribution < 1.29 is 0 Å². The first-order chi connectivity index (χ1) is 10.1. The van der Waals surface area contributed by atoms with Crippen LogP contribution < -0.4 is 5.32 Å². The van der Waals surface area contributed by atoms with E-state index in [0.717, 1.165) is 23.6 Å². The van der Waals surface area contributed by atoms with E-state index in [4.69, 9.17) is 23.2 Å². The summed E-state index contributed by atoms with van der Waals surface area (Å²) in [5.41, 5.74) is 1.16. The van der Waals surface area contributed by atoms with Crippen LogP contribution in [0, 0.1) is 0 Å². The molecule has 118 valence electrons. The second kappa shape index (κ2) is 8.10. The highest BCUT2D eigenvalue weighted by molar-refractivity contribution is 8.00. The van der Waals surface area contributed by atoms with Crippen molar-refractivity contribution in [2.45, 2.75) is 56.2 Å². The highest BCUT2D eigenvalue weighted by Gasteiger charge is 2.31. The molecule has 0 aliphatic heterocycles. The Balaban J connectivity index is 2.04. The van der Waals surface area contributed by atoms with E-state index in [1.165, 1.54) is 32.1 Å². The van der Waals surface area contributed by atoms with Crippen LogP contribution in [-0.4, -0.2) is 17.5 Å². The van der Waals surface area contributed by atoms with Crippen LogP contribution in [0.4, 0.5) is 0 Å². The first-order valence-electron chi connectivity index (χ1n) is 7.84. The van der Waals surface area contributed by atoms with Crippen LogP contribution in [0.2, 0.25) is 10.0 Å². The molecule has 0 spiro atoms. The standard InChI is InChI=1S/C17H25Cl2NS/c1-3-16(14-8-7-13(18)11-15(14)19)20-12-17(21-2)9-5-4-6-10-17/h7-8,11,16,20H,3-6,9-10,12H2,1-2H3. The summed E-state index contributed by atoms with van der Waals surface area (Å²) < 4.78 is 0.407. The Bertz CT molecular complexity index is 458. The summed E-state index contributed by atoms with van der Waals surface area (Å²) in [6, 6.07) is 6.13. The van der Waals surface area contributed by atoms with Gasteiger partial charge in [0.05, 0.1) is 0 Å². The number of thioether (sulfide) groups is 1. The molecule has 1 atom stereocenters. The molecule has 0 heterocycles.